The van der Waals surface area contributed by atoms with E-state index in [4.69, 9.17) is 4.74 Å². The normalized spacial score (nSPS) is 12.8. The van der Waals surface area contributed by atoms with Crippen molar-refractivity contribution in [3.05, 3.63) is 30.3 Å². The van der Waals surface area contributed by atoms with Gasteiger partial charge in [-0.05, 0) is 33.2 Å². The maximum Gasteiger partial charge on any atom is 0.119 e. The fraction of sp³-hybridized carbons (Fsp3) is 0.538. The average molecular weight is 222 g/mol. The van der Waals surface area contributed by atoms with E-state index in [9.17, 15) is 0 Å². The van der Waals surface area contributed by atoms with Gasteiger partial charge in [-0.1, -0.05) is 18.2 Å². The van der Waals surface area contributed by atoms with E-state index in [-0.39, 0.29) is 0 Å². The van der Waals surface area contributed by atoms with Crippen molar-refractivity contribution in [3.63, 3.8) is 0 Å². The fourth-order valence-corrected chi connectivity index (χ4v) is 1.60. The van der Waals surface area contributed by atoms with E-state index in [1.54, 1.807) is 0 Å². The van der Waals surface area contributed by atoms with E-state index in [2.05, 4.69) is 31.2 Å². The molecule has 0 amide bonds. The van der Waals surface area contributed by atoms with Gasteiger partial charge in [0, 0.05) is 19.1 Å². The van der Waals surface area contributed by atoms with Crippen LogP contribution in [0.2, 0.25) is 0 Å². The summed E-state index contributed by atoms with van der Waals surface area (Å²) in [6, 6.07) is 10.4. The Bertz CT molecular complexity index is 275. The van der Waals surface area contributed by atoms with Crippen molar-refractivity contribution in [1.82, 2.24) is 10.2 Å². The summed E-state index contributed by atoms with van der Waals surface area (Å²) in [4.78, 5) is 2.18. The topological polar surface area (TPSA) is 24.5 Å². The molecular weight excluding hydrogens is 200 g/mol. The third-order valence-electron chi connectivity index (χ3n) is 2.25. The zero-order valence-corrected chi connectivity index (χ0v) is 10.4. The van der Waals surface area contributed by atoms with E-state index < -0.39 is 0 Å². The van der Waals surface area contributed by atoms with Crippen LogP contribution in [-0.2, 0) is 0 Å². The van der Waals surface area contributed by atoms with Gasteiger partial charge in [0.25, 0.3) is 0 Å². The Morgan fingerprint density at radius 1 is 1.25 bits per heavy atom. The first-order valence-corrected chi connectivity index (χ1v) is 5.74. The van der Waals surface area contributed by atoms with Crippen molar-refractivity contribution in [3.8, 4) is 5.75 Å². The summed E-state index contributed by atoms with van der Waals surface area (Å²) in [5, 5.41) is 3.42. The standard InChI is InChI=1S/C13H22N2O/c1-12(11-15(2)3)14-9-10-16-13-7-5-4-6-8-13/h4-8,12,14H,9-11H2,1-3H3. The second kappa shape index (κ2) is 7.25. The number of ether oxygens (including phenoxy) is 1. The molecule has 0 aromatic heterocycles. The molecule has 1 atom stereocenters. The number of rotatable bonds is 7. The van der Waals surface area contributed by atoms with Crippen LogP contribution in [0.5, 0.6) is 5.75 Å². The molecule has 0 saturated carbocycles. The van der Waals surface area contributed by atoms with E-state index >= 15 is 0 Å². The van der Waals surface area contributed by atoms with Gasteiger partial charge in [-0.25, -0.2) is 0 Å². The van der Waals surface area contributed by atoms with Crippen molar-refractivity contribution < 1.29 is 4.74 Å². The monoisotopic (exact) mass is 222 g/mol. The molecule has 1 N–H and O–H groups in total. The summed E-state index contributed by atoms with van der Waals surface area (Å²) in [6.45, 7) is 4.82. The number of hydrogen-bond acceptors (Lipinski definition) is 3. The molecule has 0 saturated heterocycles. The number of nitrogens with zero attached hydrogens (tertiary/aromatic N) is 1. The van der Waals surface area contributed by atoms with Crippen molar-refractivity contribution in [2.24, 2.45) is 0 Å². The SMILES string of the molecule is CC(CN(C)C)NCCOc1ccccc1. The maximum atomic E-state index is 5.59. The van der Waals surface area contributed by atoms with Crippen LogP contribution in [0.4, 0.5) is 0 Å². The van der Waals surface area contributed by atoms with Gasteiger partial charge in [-0.15, -0.1) is 0 Å². The van der Waals surface area contributed by atoms with E-state index in [0.29, 0.717) is 12.6 Å². The number of hydrogen-bond donors (Lipinski definition) is 1. The lowest BCUT2D eigenvalue weighted by molar-refractivity contribution is 0.291. The lowest BCUT2D eigenvalue weighted by atomic mass is 10.3. The molecule has 0 aliphatic heterocycles. The Labute approximate surface area is 98.4 Å². The number of nitrogens with one attached hydrogen (secondary N) is 1. The lowest BCUT2D eigenvalue weighted by Gasteiger charge is -2.18. The van der Waals surface area contributed by atoms with E-state index in [0.717, 1.165) is 18.8 Å². The molecule has 1 aromatic carbocycles. The summed E-state index contributed by atoms with van der Waals surface area (Å²) >= 11 is 0. The van der Waals surface area contributed by atoms with Crippen LogP contribution >= 0.6 is 0 Å². The summed E-state index contributed by atoms with van der Waals surface area (Å²) in [6.07, 6.45) is 0. The number of benzene rings is 1. The highest BCUT2D eigenvalue weighted by Crippen LogP contribution is 2.07. The van der Waals surface area contributed by atoms with E-state index in [1.807, 2.05) is 30.3 Å². The van der Waals surface area contributed by atoms with Crippen molar-refractivity contribution >= 4 is 0 Å². The Kier molecular flexibility index (Phi) is 5.90. The molecule has 90 valence electrons. The number of likely N-dealkylation sites (N-methyl/N-ethyl adjacent to an activating group) is 1. The minimum atomic E-state index is 0.495. The largest absolute Gasteiger partial charge is 0.492 e. The maximum absolute atomic E-state index is 5.59. The fourth-order valence-electron chi connectivity index (χ4n) is 1.60. The van der Waals surface area contributed by atoms with Crippen LogP contribution in [0.15, 0.2) is 30.3 Å². The Morgan fingerprint density at radius 2 is 1.94 bits per heavy atom. The van der Waals surface area contributed by atoms with Crippen LogP contribution in [0, 0.1) is 0 Å². The highest BCUT2D eigenvalue weighted by atomic mass is 16.5. The molecule has 1 rings (SSSR count). The summed E-state index contributed by atoms with van der Waals surface area (Å²) in [5.41, 5.74) is 0. The van der Waals surface area contributed by atoms with Gasteiger partial charge in [-0.2, -0.15) is 0 Å². The molecule has 0 aliphatic carbocycles. The van der Waals surface area contributed by atoms with Gasteiger partial charge in [-0.3, -0.25) is 0 Å². The Hall–Kier alpha value is -1.06. The van der Waals surface area contributed by atoms with Gasteiger partial charge in [0.15, 0.2) is 0 Å². The molecule has 0 fully saturated rings. The Balaban J connectivity index is 2.08. The minimum Gasteiger partial charge on any atom is -0.492 e. The summed E-state index contributed by atoms with van der Waals surface area (Å²) < 4.78 is 5.59. The highest BCUT2D eigenvalue weighted by molar-refractivity contribution is 5.20. The van der Waals surface area contributed by atoms with Crippen LogP contribution in [-0.4, -0.2) is 44.7 Å². The summed E-state index contributed by atoms with van der Waals surface area (Å²) in [7, 11) is 4.16. The molecule has 0 spiro atoms. The molecule has 3 nitrogen and oxygen atoms in total. The molecule has 1 unspecified atom stereocenters. The smallest absolute Gasteiger partial charge is 0.119 e. The second-order valence-corrected chi connectivity index (χ2v) is 4.28. The lowest BCUT2D eigenvalue weighted by Crippen LogP contribution is -2.37. The molecule has 3 heteroatoms. The van der Waals surface area contributed by atoms with Crippen molar-refractivity contribution in [2.75, 3.05) is 33.8 Å². The van der Waals surface area contributed by atoms with Gasteiger partial charge in [0.2, 0.25) is 0 Å². The van der Waals surface area contributed by atoms with Crippen LogP contribution in [0.3, 0.4) is 0 Å². The number of para-hydroxylation sites is 1. The van der Waals surface area contributed by atoms with Gasteiger partial charge in [0.05, 0.1) is 0 Å². The zero-order valence-electron chi connectivity index (χ0n) is 10.4. The quantitative estimate of drug-likeness (QED) is 0.709. The predicted octanol–water partition coefficient (Wildman–Crippen LogP) is 1.61. The molecule has 1 aromatic rings. The van der Waals surface area contributed by atoms with Crippen LogP contribution < -0.4 is 10.1 Å². The predicted molar refractivity (Wildman–Crippen MR) is 68.0 cm³/mol. The zero-order chi connectivity index (χ0) is 11.8. The first-order valence-electron chi connectivity index (χ1n) is 5.74. The third-order valence-corrected chi connectivity index (χ3v) is 2.25. The Morgan fingerprint density at radius 3 is 2.56 bits per heavy atom. The first kappa shape index (κ1) is 13.0. The van der Waals surface area contributed by atoms with Gasteiger partial charge >= 0.3 is 0 Å². The van der Waals surface area contributed by atoms with Gasteiger partial charge in [0.1, 0.15) is 12.4 Å². The van der Waals surface area contributed by atoms with Crippen molar-refractivity contribution in [2.45, 2.75) is 13.0 Å². The molecule has 0 aliphatic rings. The van der Waals surface area contributed by atoms with Crippen LogP contribution in [0.1, 0.15) is 6.92 Å². The van der Waals surface area contributed by atoms with E-state index in [1.165, 1.54) is 0 Å². The second-order valence-electron chi connectivity index (χ2n) is 4.28. The molecule has 16 heavy (non-hydrogen) atoms. The summed E-state index contributed by atoms with van der Waals surface area (Å²) in [5.74, 6) is 0.935. The highest BCUT2D eigenvalue weighted by Gasteiger charge is 2.01. The molecule has 0 bridgehead atoms. The third kappa shape index (κ3) is 5.73. The minimum absolute atomic E-state index is 0.495. The molecular formula is C13H22N2O. The molecule has 0 radical (unpaired) electrons. The van der Waals surface area contributed by atoms with Gasteiger partial charge < -0.3 is 15.0 Å². The molecule has 0 heterocycles. The van der Waals surface area contributed by atoms with Crippen LogP contribution in [0.25, 0.3) is 0 Å². The average Bonchev–Trinajstić information content (AvgIpc) is 2.25. The first-order chi connectivity index (χ1) is 7.68. The van der Waals surface area contributed by atoms with Crippen molar-refractivity contribution in [1.29, 1.82) is 0 Å².